The molecule has 2 N–H and O–H groups in total. The first-order valence-electron chi connectivity index (χ1n) is 7.66. The van der Waals surface area contributed by atoms with Crippen LogP contribution in [0.2, 0.25) is 0 Å². The van der Waals surface area contributed by atoms with Crippen LogP contribution < -0.4 is 10.6 Å². The minimum Gasteiger partial charge on any atom is -0.365 e. The van der Waals surface area contributed by atoms with Gasteiger partial charge in [0.2, 0.25) is 0 Å². The smallest absolute Gasteiger partial charge is 0.112 e. The molecule has 0 spiro atoms. The lowest BCUT2D eigenvalue weighted by Gasteiger charge is -2.36. The molecule has 0 radical (unpaired) electrons. The summed E-state index contributed by atoms with van der Waals surface area (Å²) in [6.07, 6.45) is 10.2. The van der Waals surface area contributed by atoms with Crippen LogP contribution in [0, 0.1) is 0 Å². The average molecular weight is 349 g/mol. The number of rotatable bonds is 4. The van der Waals surface area contributed by atoms with Crippen LogP contribution in [0.4, 0.5) is 5.69 Å². The van der Waals surface area contributed by atoms with E-state index < -0.39 is 0 Å². The predicted molar refractivity (Wildman–Crippen MR) is 90.5 cm³/mol. The topological polar surface area (TPSA) is 55.0 Å². The Kier molecular flexibility index (Phi) is 4.70. The van der Waals surface area contributed by atoms with Crippen molar-refractivity contribution in [3.63, 3.8) is 0 Å². The molecule has 0 unspecified atom stereocenters. The maximum Gasteiger partial charge on any atom is 0.112 e. The van der Waals surface area contributed by atoms with Crippen molar-refractivity contribution in [1.29, 1.82) is 0 Å². The Labute approximate surface area is 133 Å². The third kappa shape index (κ3) is 3.19. The first kappa shape index (κ1) is 14.7. The zero-order chi connectivity index (χ0) is 14.7. The summed E-state index contributed by atoms with van der Waals surface area (Å²) in [7, 11) is 0. The zero-order valence-electron chi connectivity index (χ0n) is 12.1. The molecular weight excluding hydrogens is 328 g/mol. The lowest BCUT2D eigenvalue weighted by molar-refractivity contribution is 0.416. The van der Waals surface area contributed by atoms with Crippen molar-refractivity contribution in [3.8, 4) is 0 Å². The molecule has 21 heavy (non-hydrogen) atoms. The van der Waals surface area contributed by atoms with Gasteiger partial charge in [0.05, 0.1) is 11.2 Å². The molecule has 2 aromatic heterocycles. The molecule has 1 aliphatic rings. The van der Waals surface area contributed by atoms with Gasteiger partial charge in [0, 0.05) is 36.0 Å². The normalized spacial score (nSPS) is 16.3. The van der Waals surface area contributed by atoms with Crippen molar-refractivity contribution in [3.05, 3.63) is 29.0 Å². The van der Waals surface area contributed by atoms with Gasteiger partial charge in [-0.25, -0.2) is 0 Å². The number of hydrogen-bond donors (Lipinski definition) is 1. The number of anilines is 1. The van der Waals surface area contributed by atoms with Crippen LogP contribution in [0.1, 0.15) is 32.1 Å². The molecule has 1 fully saturated rings. The number of aromatic nitrogens is 2. The van der Waals surface area contributed by atoms with E-state index in [9.17, 15) is 0 Å². The fraction of sp³-hybridized carbons (Fsp3) is 0.500. The van der Waals surface area contributed by atoms with Crippen molar-refractivity contribution >= 4 is 32.7 Å². The van der Waals surface area contributed by atoms with E-state index in [1.165, 1.54) is 37.8 Å². The van der Waals surface area contributed by atoms with Crippen LogP contribution in [-0.4, -0.2) is 29.1 Å². The van der Waals surface area contributed by atoms with E-state index in [0.29, 0.717) is 12.6 Å². The average Bonchev–Trinajstić information content (AvgIpc) is 2.53. The molecule has 0 aliphatic heterocycles. The molecule has 0 saturated heterocycles. The Morgan fingerprint density at radius 2 is 2.05 bits per heavy atom. The van der Waals surface area contributed by atoms with Crippen molar-refractivity contribution in [2.45, 2.75) is 38.1 Å². The number of nitrogens with two attached hydrogens (primary N) is 1. The molecule has 112 valence electrons. The number of fused-ring (bicyclic) bond motifs is 1. The standard InChI is InChI=1S/C16H21BrN4/c17-12-10-14-16(20-11-12)15(6-8-19-14)21(9-7-18)13-4-2-1-3-5-13/h6,8,10-11,13H,1-5,7,9,18H2. The maximum atomic E-state index is 5.86. The highest BCUT2D eigenvalue weighted by Gasteiger charge is 2.22. The van der Waals surface area contributed by atoms with Crippen molar-refractivity contribution in [2.75, 3.05) is 18.0 Å². The minimum absolute atomic E-state index is 0.582. The van der Waals surface area contributed by atoms with Gasteiger partial charge in [-0.3, -0.25) is 9.97 Å². The SMILES string of the molecule is NCCN(c1ccnc2cc(Br)cnc12)C1CCCCC1. The maximum absolute atomic E-state index is 5.86. The van der Waals surface area contributed by atoms with Gasteiger partial charge in [-0.15, -0.1) is 0 Å². The van der Waals surface area contributed by atoms with Crippen molar-refractivity contribution in [1.82, 2.24) is 9.97 Å². The molecule has 5 heteroatoms. The highest BCUT2D eigenvalue weighted by atomic mass is 79.9. The second-order valence-electron chi connectivity index (χ2n) is 5.63. The first-order chi connectivity index (χ1) is 10.3. The summed E-state index contributed by atoms with van der Waals surface area (Å²) >= 11 is 3.47. The monoisotopic (exact) mass is 348 g/mol. The number of halogens is 1. The van der Waals surface area contributed by atoms with Crippen LogP contribution in [-0.2, 0) is 0 Å². The van der Waals surface area contributed by atoms with E-state index in [-0.39, 0.29) is 0 Å². The molecule has 1 aliphatic carbocycles. The molecule has 0 bridgehead atoms. The van der Waals surface area contributed by atoms with Crippen molar-refractivity contribution in [2.24, 2.45) is 5.73 Å². The molecule has 1 saturated carbocycles. The Hall–Kier alpha value is -1.20. The summed E-state index contributed by atoms with van der Waals surface area (Å²) in [5.41, 5.74) is 8.93. The fourth-order valence-electron chi connectivity index (χ4n) is 3.25. The molecular formula is C16H21BrN4. The van der Waals surface area contributed by atoms with Gasteiger partial charge in [-0.05, 0) is 40.9 Å². The summed E-state index contributed by atoms with van der Waals surface area (Å²) in [5, 5.41) is 0. The van der Waals surface area contributed by atoms with Gasteiger partial charge in [-0.1, -0.05) is 19.3 Å². The summed E-state index contributed by atoms with van der Waals surface area (Å²) < 4.78 is 0.961. The number of hydrogen-bond acceptors (Lipinski definition) is 4. The zero-order valence-corrected chi connectivity index (χ0v) is 13.7. The first-order valence-corrected chi connectivity index (χ1v) is 8.46. The van der Waals surface area contributed by atoms with Crippen LogP contribution >= 0.6 is 15.9 Å². The third-order valence-electron chi connectivity index (χ3n) is 4.22. The second kappa shape index (κ2) is 6.71. The Bertz CT molecular complexity index is 610. The highest BCUT2D eigenvalue weighted by molar-refractivity contribution is 9.10. The molecule has 3 rings (SSSR count). The molecule has 0 amide bonds. The van der Waals surface area contributed by atoms with E-state index in [2.05, 4.69) is 36.9 Å². The second-order valence-corrected chi connectivity index (χ2v) is 6.54. The molecule has 4 nitrogen and oxygen atoms in total. The van der Waals surface area contributed by atoms with Gasteiger partial charge >= 0.3 is 0 Å². The van der Waals surface area contributed by atoms with Crippen LogP contribution in [0.5, 0.6) is 0 Å². The van der Waals surface area contributed by atoms with E-state index >= 15 is 0 Å². The highest BCUT2D eigenvalue weighted by Crippen LogP contribution is 2.31. The molecule has 2 aromatic rings. The minimum atomic E-state index is 0.582. The third-order valence-corrected chi connectivity index (χ3v) is 4.65. The summed E-state index contributed by atoms with van der Waals surface area (Å²) in [5.74, 6) is 0. The lowest BCUT2D eigenvalue weighted by Crippen LogP contribution is -2.40. The van der Waals surface area contributed by atoms with E-state index in [0.717, 1.165) is 22.1 Å². The van der Waals surface area contributed by atoms with Crippen LogP contribution in [0.25, 0.3) is 11.0 Å². The number of nitrogens with zero attached hydrogens (tertiary/aromatic N) is 3. The largest absolute Gasteiger partial charge is 0.365 e. The van der Waals surface area contributed by atoms with Crippen LogP contribution in [0.3, 0.4) is 0 Å². The van der Waals surface area contributed by atoms with Gasteiger partial charge in [0.1, 0.15) is 5.52 Å². The van der Waals surface area contributed by atoms with E-state index in [1.54, 1.807) is 0 Å². The molecule has 0 atom stereocenters. The van der Waals surface area contributed by atoms with Gasteiger partial charge in [0.15, 0.2) is 0 Å². The number of pyridine rings is 2. The van der Waals surface area contributed by atoms with Gasteiger partial charge in [0.25, 0.3) is 0 Å². The Morgan fingerprint density at radius 1 is 1.24 bits per heavy atom. The van der Waals surface area contributed by atoms with Gasteiger partial charge < -0.3 is 10.6 Å². The molecule has 2 heterocycles. The van der Waals surface area contributed by atoms with Crippen LogP contribution in [0.15, 0.2) is 29.0 Å². The predicted octanol–water partition coefficient (Wildman–Crippen LogP) is 3.49. The van der Waals surface area contributed by atoms with Gasteiger partial charge in [-0.2, -0.15) is 0 Å². The summed E-state index contributed by atoms with van der Waals surface area (Å²) in [6.45, 7) is 1.54. The lowest BCUT2D eigenvalue weighted by atomic mass is 9.93. The van der Waals surface area contributed by atoms with E-state index in [4.69, 9.17) is 5.73 Å². The quantitative estimate of drug-likeness (QED) is 0.918. The van der Waals surface area contributed by atoms with E-state index in [1.807, 2.05) is 18.5 Å². The molecule has 0 aromatic carbocycles. The Morgan fingerprint density at radius 3 is 2.81 bits per heavy atom. The fourth-order valence-corrected chi connectivity index (χ4v) is 3.57. The Balaban J connectivity index is 2.02. The summed E-state index contributed by atoms with van der Waals surface area (Å²) in [6, 6.07) is 4.68. The van der Waals surface area contributed by atoms with Crippen molar-refractivity contribution < 1.29 is 0 Å². The summed E-state index contributed by atoms with van der Waals surface area (Å²) in [4.78, 5) is 11.5.